The summed E-state index contributed by atoms with van der Waals surface area (Å²) in [5.74, 6) is 0.576. The molecule has 0 bridgehead atoms. The van der Waals surface area contributed by atoms with Gasteiger partial charge in [0.15, 0.2) is 0 Å². The topological polar surface area (TPSA) is 81.0 Å². The molecule has 0 aliphatic heterocycles. The van der Waals surface area contributed by atoms with E-state index in [1.165, 1.54) is 16.5 Å². The lowest BCUT2D eigenvalue weighted by Gasteiger charge is -2.05. The summed E-state index contributed by atoms with van der Waals surface area (Å²) in [6.07, 6.45) is 10.4. The first-order valence-electron chi connectivity index (χ1n) is 11.0. The molecule has 6 rings (SSSR count). The summed E-state index contributed by atoms with van der Waals surface area (Å²) < 4.78 is 5.70. The summed E-state index contributed by atoms with van der Waals surface area (Å²) >= 11 is 3.46. The molecule has 1 N–H and O–H groups in total. The van der Waals surface area contributed by atoms with Crippen LogP contribution in [0.1, 0.15) is 0 Å². The first-order valence-corrected chi connectivity index (χ1v) is 11.8. The van der Waals surface area contributed by atoms with E-state index in [1.807, 2.05) is 79.3 Å². The van der Waals surface area contributed by atoms with Gasteiger partial charge in [0.1, 0.15) is 5.75 Å². The Labute approximate surface area is 218 Å². The first kappa shape index (κ1) is 25.0. The molecular weight excluding hydrogens is 515 g/mol. The smallest absolute Gasteiger partial charge is 0.537 e. The van der Waals surface area contributed by atoms with E-state index < -0.39 is 0 Å². The van der Waals surface area contributed by atoms with E-state index in [2.05, 4.69) is 52.7 Å². The molecule has 0 aliphatic carbocycles. The molecule has 0 amide bonds. The van der Waals surface area contributed by atoms with Gasteiger partial charge in [-0.3, -0.25) is 19.9 Å². The number of hydrogen-bond donors (Lipinski definition) is 1. The van der Waals surface area contributed by atoms with Crippen LogP contribution in [-0.4, -0.2) is 32.6 Å². The van der Waals surface area contributed by atoms with Crippen LogP contribution in [0.4, 0.5) is 0 Å². The molecule has 175 valence electrons. The average molecular weight is 536 g/mol. The Bertz CT molecular complexity index is 1510. The van der Waals surface area contributed by atoms with Crippen LogP contribution in [0.5, 0.6) is 5.75 Å². The van der Waals surface area contributed by atoms with E-state index in [4.69, 9.17) is 5.02 Å². The van der Waals surface area contributed by atoms with Crippen LogP contribution >= 0.6 is 15.9 Å². The lowest BCUT2D eigenvalue weighted by Crippen LogP contribution is -1.98. The second-order valence-corrected chi connectivity index (χ2v) is 8.18. The minimum atomic E-state index is 0.576. The van der Waals surface area contributed by atoms with Gasteiger partial charge in [-0.25, -0.2) is 0 Å². The van der Waals surface area contributed by atoms with Gasteiger partial charge in [0.05, 0.1) is 11.0 Å². The fourth-order valence-electron chi connectivity index (χ4n) is 3.43. The summed E-state index contributed by atoms with van der Waals surface area (Å²) in [6, 6.07) is 27.5. The minimum Gasteiger partial charge on any atom is -0.537 e. The van der Waals surface area contributed by atoms with Gasteiger partial charge in [-0.2, -0.15) is 0 Å². The molecular formula is C28H21BBrN4O2. The van der Waals surface area contributed by atoms with Gasteiger partial charge in [-0.1, -0.05) is 46.3 Å². The normalized spacial score (nSPS) is 9.94. The van der Waals surface area contributed by atoms with Crippen LogP contribution < -0.4 is 4.65 Å². The second-order valence-electron chi connectivity index (χ2n) is 7.33. The summed E-state index contributed by atoms with van der Waals surface area (Å²) in [4.78, 5) is 16.4. The lowest BCUT2D eigenvalue weighted by molar-refractivity contribution is 0.453. The number of halogens is 1. The molecule has 36 heavy (non-hydrogen) atoms. The SMILES string of the molecule is Brc1cccc2ncccc12.O[B]Oc1ccncc1.c1cc(-c2ccncc2)c2cccnc2c1. The zero-order valence-corrected chi connectivity index (χ0v) is 20.7. The van der Waals surface area contributed by atoms with E-state index in [0.717, 1.165) is 20.9 Å². The van der Waals surface area contributed by atoms with Crippen LogP contribution in [0, 0.1) is 0 Å². The van der Waals surface area contributed by atoms with Gasteiger partial charge in [0, 0.05) is 52.4 Å². The fraction of sp³-hybridized carbons (Fsp3) is 0. The molecule has 6 nitrogen and oxygen atoms in total. The molecule has 0 aliphatic rings. The molecule has 2 aromatic carbocycles. The Kier molecular flexibility index (Phi) is 9.08. The maximum Gasteiger partial charge on any atom is 0.569 e. The van der Waals surface area contributed by atoms with E-state index in [-0.39, 0.29) is 0 Å². The van der Waals surface area contributed by atoms with Crippen molar-refractivity contribution in [1.29, 1.82) is 0 Å². The predicted molar refractivity (Wildman–Crippen MR) is 147 cm³/mol. The molecule has 0 saturated heterocycles. The number of fused-ring (bicyclic) bond motifs is 2. The number of nitrogens with zero attached hydrogens (tertiary/aromatic N) is 4. The molecule has 0 fully saturated rings. The average Bonchev–Trinajstić information content (AvgIpc) is 2.95. The van der Waals surface area contributed by atoms with Crippen molar-refractivity contribution in [3.8, 4) is 16.9 Å². The summed E-state index contributed by atoms with van der Waals surface area (Å²) in [7, 11) is 0.634. The Morgan fingerprint density at radius 2 is 1.19 bits per heavy atom. The molecule has 6 aromatic rings. The molecule has 4 heterocycles. The molecule has 8 heteroatoms. The summed E-state index contributed by atoms with van der Waals surface area (Å²) in [5.41, 5.74) is 4.43. The van der Waals surface area contributed by atoms with Crippen LogP contribution in [0.2, 0.25) is 0 Å². The molecule has 1 radical (unpaired) electrons. The van der Waals surface area contributed by atoms with Crippen molar-refractivity contribution in [1.82, 2.24) is 19.9 Å². The van der Waals surface area contributed by atoms with Crippen molar-refractivity contribution < 1.29 is 9.68 Å². The third-order valence-corrected chi connectivity index (χ3v) is 5.76. The number of aromatic nitrogens is 4. The molecule has 0 spiro atoms. The van der Waals surface area contributed by atoms with E-state index in [9.17, 15) is 0 Å². The van der Waals surface area contributed by atoms with Crippen LogP contribution in [0.15, 0.2) is 127 Å². The van der Waals surface area contributed by atoms with Gasteiger partial charge in [-0.05, 0) is 65.7 Å². The van der Waals surface area contributed by atoms with E-state index in [1.54, 1.807) is 30.7 Å². The van der Waals surface area contributed by atoms with Crippen molar-refractivity contribution >= 4 is 45.4 Å². The van der Waals surface area contributed by atoms with E-state index >= 15 is 0 Å². The standard InChI is InChI=1S/C14H10N2.C9H6BrN.C5H5BNO2/c1-3-12(11-6-9-15-10-7-11)13-4-2-8-16-14(13)5-1;10-8-4-1-5-9-7(8)3-2-6-11-9;8-6-9-5-1-3-7-4-2-5/h1-10H;1-6H;1-4,8H. The van der Waals surface area contributed by atoms with Gasteiger partial charge in [0.25, 0.3) is 0 Å². The van der Waals surface area contributed by atoms with Crippen LogP contribution in [-0.2, 0) is 0 Å². The van der Waals surface area contributed by atoms with Crippen molar-refractivity contribution in [3.05, 3.63) is 127 Å². The molecule has 0 unspecified atom stereocenters. The minimum absolute atomic E-state index is 0.576. The highest BCUT2D eigenvalue weighted by molar-refractivity contribution is 9.10. The fourth-order valence-corrected chi connectivity index (χ4v) is 3.92. The molecule has 0 atom stereocenters. The number of benzene rings is 2. The van der Waals surface area contributed by atoms with Gasteiger partial charge >= 0.3 is 7.69 Å². The lowest BCUT2D eigenvalue weighted by atomic mass is 10.0. The zero-order chi connectivity index (χ0) is 25.0. The van der Waals surface area contributed by atoms with Gasteiger partial charge < -0.3 is 9.68 Å². The van der Waals surface area contributed by atoms with Gasteiger partial charge in [-0.15, -0.1) is 0 Å². The maximum absolute atomic E-state index is 8.15. The second kappa shape index (κ2) is 13.1. The van der Waals surface area contributed by atoms with Crippen LogP contribution in [0.3, 0.4) is 0 Å². The Balaban J connectivity index is 0.000000134. The number of hydrogen-bond acceptors (Lipinski definition) is 6. The van der Waals surface area contributed by atoms with Crippen LogP contribution in [0.25, 0.3) is 32.9 Å². The largest absolute Gasteiger partial charge is 0.569 e. The Morgan fingerprint density at radius 1 is 0.611 bits per heavy atom. The van der Waals surface area contributed by atoms with E-state index in [0.29, 0.717) is 13.4 Å². The third kappa shape index (κ3) is 6.72. The third-order valence-electron chi connectivity index (χ3n) is 5.07. The Morgan fingerprint density at radius 3 is 1.83 bits per heavy atom. The quantitative estimate of drug-likeness (QED) is 0.268. The number of rotatable bonds is 3. The van der Waals surface area contributed by atoms with Crippen molar-refractivity contribution in [3.63, 3.8) is 0 Å². The highest BCUT2D eigenvalue weighted by atomic mass is 79.9. The predicted octanol–water partition coefficient (Wildman–Crippen LogP) is 6.28. The highest BCUT2D eigenvalue weighted by Crippen LogP contribution is 2.26. The summed E-state index contributed by atoms with van der Waals surface area (Å²) in [5, 5.41) is 10.5. The highest BCUT2D eigenvalue weighted by Gasteiger charge is 2.02. The number of pyridine rings is 4. The monoisotopic (exact) mass is 535 g/mol. The van der Waals surface area contributed by atoms with Gasteiger partial charge in [0.2, 0.25) is 0 Å². The first-order chi connectivity index (χ1) is 17.8. The Hall–Kier alpha value is -4.14. The zero-order valence-electron chi connectivity index (χ0n) is 19.1. The van der Waals surface area contributed by atoms with Crippen molar-refractivity contribution in [2.45, 2.75) is 0 Å². The molecule has 4 aromatic heterocycles. The summed E-state index contributed by atoms with van der Waals surface area (Å²) in [6.45, 7) is 0. The van der Waals surface area contributed by atoms with Crippen molar-refractivity contribution in [2.24, 2.45) is 0 Å². The van der Waals surface area contributed by atoms with Crippen molar-refractivity contribution in [2.75, 3.05) is 0 Å². The maximum atomic E-state index is 8.15. The molecule has 0 saturated carbocycles.